The fourth-order valence-corrected chi connectivity index (χ4v) is 2.22. The van der Waals surface area contributed by atoms with Crippen LogP contribution in [0.1, 0.15) is 18.4 Å². The van der Waals surface area contributed by atoms with Crippen LogP contribution >= 0.6 is 23.2 Å². The topological polar surface area (TPSA) is 26.3 Å². The largest absolute Gasteiger partial charge is 0.453 e. The third-order valence-electron chi connectivity index (χ3n) is 2.63. The molecule has 1 aromatic carbocycles. The van der Waals surface area contributed by atoms with E-state index in [0.717, 1.165) is 5.56 Å². The Hall–Kier alpha value is -0.730. The first-order valence-electron chi connectivity index (χ1n) is 4.70. The molecule has 1 aromatic rings. The molecule has 1 fully saturated rings. The van der Waals surface area contributed by atoms with E-state index in [1.165, 1.54) is 0 Å². The highest BCUT2D eigenvalue weighted by atomic mass is 35.5. The molecule has 80 valence electrons. The van der Waals surface area contributed by atoms with Crippen LogP contribution < -0.4 is 0 Å². The van der Waals surface area contributed by atoms with Crippen molar-refractivity contribution in [2.24, 2.45) is 0 Å². The van der Waals surface area contributed by atoms with Crippen LogP contribution in [0.3, 0.4) is 0 Å². The molecule has 0 radical (unpaired) electrons. The molecule has 0 saturated carbocycles. The monoisotopic (exact) mass is 244 g/mol. The maximum absolute atomic E-state index is 11.2. The van der Waals surface area contributed by atoms with Crippen LogP contribution in [0.25, 0.3) is 0 Å². The number of rotatable bonds is 2. The Morgan fingerprint density at radius 1 is 1.33 bits per heavy atom. The van der Waals surface area contributed by atoms with Crippen molar-refractivity contribution in [1.29, 1.82) is 0 Å². The van der Waals surface area contributed by atoms with E-state index in [-0.39, 0.29) is 11.8 Å². The van der Waals surface area contributed by atoms with Crippen molar-refractivity contribution in [2.45, 2.75) is 18.4 Å². The van der Waals surface area contributed by atoms with Gasteiger partial charge in [0.2, 0.25) is 0 Å². The molecule has 1 saturated heterocycles. The minimum atomic E-state index is -0.650. The quantitative estimate of drug-likeness (QED) is 0.591. The number of ether oxygens (including phenoxy) is 1. The van der Waals surface area contributed by atoms with E-state index in [9.17, 15) is 4.79 Å². The lowest BCUT2D eigenvalue weighted by molar-refractivity contribution is -0.147. The van der Waals surface area contributed by atoms with Gasteiger partial charge in [-0.3, -0.25) is 4.79 Å². The lowest BCUT2D eigenvalue weighted by Crippen LogP contribution is -2.27. The number of alkyl halides is 1. The number of hydrogen-bond donors (Lipinski definition) is 0. The van der Waals surface area contributed by atoms with Crippen molar-refractivity contribution in [2.75, 3.05) is 5.88 Å². The molecule has 0 aromatic heterocycles. The zero-order valence-corrected chi connectivity index (χ0v) is 9.52. The number of carbonyl (C=O) groups is 1. The SMILES string of the molecule is O=C1CC[C@](CCl)(c2ccc(Cl)cc2)O1. The second kappa shape index (κ2) is 4.03. The summed E-state index contributed by atoms with van der Waals surface area (Å²) in [6, 6.07) is 7.25. The van der Waals surface area contributed by atoms with Crippen molar-refractivity contribution in [3.05, 3.63) is 34.9 Å². The van der Waals surface area contributed by atoms with Crippen molar-refractivity contribution < 1.29 is 9.53 Å². The summed E-state index contributed by atoms with van der Waals surface area (Å²) in [7, 11) is 0. The number of esters is 1. The molecule has 1 heterocycles. The molecular weight excluding hydrogens is 235 g/mol. The fourth-order valence-electron chi connectivity index (χ4n) is 1.75. The Morgan fingerprint density at radius 2 is 2.00 bits per heavy atom. The van der Waals surface area contributed by atoms with E-state index in [0.29, 0.717) is 17.9 Å². The van der Waals surface area contributed by atoms with Crippen LogP contribution in [-0.2, 0) is 15.1 Å². The summed E-state index contributed by atoms with van der Waals surface area (Å²) < 4.78 is 5.31. The van der Waals surface area contributed by atoms with E-state index < -0.39 is 5.60 Å². The lowest BCUT2D eigenvalue weighted by atomic mass is 9.93. The number of cyclic esters (lactones) is 1. The van der Waals surface area contributed by atoms with Gasteiger partial charge in [0.15, 0.2) is 5.60 Å². The van der Waals surface area contributed by atoms with Gasteiger partial charge in [0, 0.05) is 17.9 Å². The van der Waals surface area contributed by atoms with Gasteiger partial charge in [0.1, 0.15) is 0 Å². The predicted molar refractivity (Wildman–Crippen MR) is 59.2 cm³/mol. The van der Waals surface area contributed by atoms with Gasteiger partial charge < -0.3 is 4.74 Å². The summed E-state index contributed by atoms with van der Waals surface area (Å²) >= 11 is 11.7. The third kappa shape index (κ3) is 1.97. The smallest absolute Gasteiger partial charge is 0.306 e. The fraction of sp³-hybridized carbons (Fsp3) is 0.364. The van der Waals surface area contributed by atoms with Gasteiger partial charge in [-0.25, -0.2) is 0 Å². The van der Waals surface area contributed by atoms with Gasteiger partial charge in [0.25, 0.3) is 0 Å². The molecule has 0 unspecified atom stereocenters. The highest BCUT2D eigenvalue weighted by Gasteiger charge is 2.41. The van der Waals surface area contributed by atoms with Gasteiger partial charge in [-0.1, -0.05) is 23.7 Å². The lowest BCUT2D eigenvalue weighted by Gasteiger charge is -2.25. The summed E-state index contributed by atoms with van der Waals surface area (Å²) in [6.07, 6.45) is 1.06. The molecule has 15 heavy (non-hydrogen) atoms. The summed E-state index contributed by atoms with van der Waals surface area (Å²) in [6.45, 7) is 0. The second-order valence-corrected chi connectivity index (χ2v) is 4.31. The van der Waals surface area contributed by atoms with Gasteiger partial charge in [0.05, 0.1) is 5.88 Å². The maximum Gasteiger partial charge on any atom is 0.306 e. The zero-order chi connectivity index (χ0) is 10.9. The highest BCUT2D eigenvalue weighted by molar-refractivity contribution is 6.30. The minimum Gasteiger partial charge on any atom is -0.453 e. The molecule has 2 nitrogen and oxygen atoms in total. The Bertz CT molecular complexity index is 375. The van der Waals surface area contributed by atoms with Crippen LogP contribution in [0.5, 0.6) is 0 Å². The molecule has 0 spiro atoms. The van der Waals surface area contributed by atoms with E-state index in [1.54, 1.807) is 12.1 Å². The molecule has 1 atom stereocenters. The summed E-state index contributed by atoms with van der Waals surface area (Å²) in [5, 5.41) is 0.660. The summed E-state index contributed by atoms with van der Waals surface area (Å²) in [5.74, 6) is 0.0889. The predicted octanol–water partition coefficient (Wildman–Crippen LogP) is 3.11. The van der Waals surface area contributed by atoms with E-state index in [4.69, 9.17) is 27.9 Å². The Kier molecular flexibility index (Phi) is 2.89. The van der Waals surface area contributed by atoms with Crippen LogP contribution in [0.4, 0.5) is 0 Å². The zero-order valence-electron chi connectivity index (χ0n) is 8.00. The summed E-state index contributed by atoms with van der Waals surface area (Å²) in [5.41, 5.74) is 0.260. The first-order valence-corrected chi connectivity index (χ1v) is 5.61. The summed E-state index contributed by atoms with van der Waals surface area (Å²) in [4.78, 5) is 11.2. The van der Waals surface area contributed by atoms with Crippen molar-refractivity contribution >= 4 is 29.2 Å². The first-order chi connectivity index (χ1) is 7.16. The maximum atomic E-state index is 11.2. The first kappa shape index (κ1) is 10.8. The molecule has 1 aliphatic rings. The number of hydrogen-bond acceptors (Lipinski definition) is 2. The van der Waals surface area contributed by atoms with Crippen molar-refractivity contribution in [3.63, 3.8) is 0 Å². The standard InChI is InChI=1S/C11H10Cl2O2/c12-7-11(6-5-10(14)15-11)8-1-3-9(13)4-2-8/h1-4H,5-7H2/t11-/m0/s1. The second-order valence-electron chi connectivity index (χ2n) is 3.61. The van der Waals surface area contributed by atoms with Gasteiger partial charge in [-0.15, -0.1) is 11.6 Å². The molecule has 2 rings (SSSR count). The molecule has 1 aliphatic heterocycles. The van der Waals surface area contributed by atoms with Gasteiger partial charge >= 0.3 is 5.97 Å². The molecule has 0 amide bonds. The van der Waals surface area contributed by atoms with Crippen LogP contribution in [-0.4, -0.2) is 11.8 Å². The number of carbonyl (C=O) groups excluding carboxylic acids is 1. The van der Waals surface area contributed by atoms with Gasteiger partial charge in [-0.2, -0.15) is 0 Å². The highest BCUT2D eigenvalue weighted by Crippen LogP contribution is 2.38. The minimum absolute atomic E-state index is 0.189. The average molecular weight is 245 g/mol. The normalized spacial score (nSPS) is 25.3. The van der Waals surface area contributed by atoms with Crippen LogP contribution in [0.2, 0.25) is 5.02 Å². The molecule has 0 bridgehead atoms. The Labute approximate surface area is 98.1 Å². The van der Waals surface area contributed by atoms with Crippen LogP contribution in [0.15, 0.2) is 24.3 Å². The van der Waals surface area contributed by atoms with Crippen molar-refractivity contribution in [1.82, 2.24) is 0 Å². The van der Waals surface area contributed by atoms with Crippen LogP contribution in [0, 0.1) is 0 Å². The Morgan fingerprint density at radius 3 is 2.47 bits per heavy atom. The van der Waals surface area contributed by atoms with E-state index in [1.807, 2.05) is 12.1 Å². The van der Waals surface area contributed by atoms with Crippen molar-refractivity contribution in [3.8, 4) is 0 Å². The number of benzene rings is 1. The van der Waals surface area contributed by atoms with E-state index >= 15 is 0 Å². The number of halogens is 2. The molecule has 0 aliphatic carbocycles. The molecular formula is C11H10Cl2O2. The molecule has 4 heteroatoms. The third-order valence-corrected chi connectivity index (χ3v) is 3.31. The van der Waals surface area contributed by atoms with E-state index in [2.05, 4.69) is 0 Å². The molecule has 0 N–H and O–H groups in total. The Balaban J connectivity index is 2.34. The van der Waals surface area contributed by atoms with Gasteiger partial charge in [-0.05, 0) is 17.7 Å². The average Bonchev–Trinajstić information content (AvgIpc) is 2.62.